The average molecular weight is 760 g/mol. The molecule has 1 aromatic heterocycles. The van der Waals surface area contributed by atoms with Gasteiger partial charge in [-0.15, -0.1) is 0 Å². The number of anilines is 1. The number of hydrogen-bond acceptors (Lipinski definition) is 14. The Morgan fingerprint density at radius 1 is 0.727 bits per heavy atom. The number of hydrazone groups is 1. The van der Waals surface area contributed by atoms with E-state index in [1.165, 1.54) is 66.1 Å². The van der Waals surface area contributed by atoms with Gasteiger partial charge in [0.05, 0.1) is 40.8 Å². The molecule has 14 heteroatoms. The summed E-state index contributed by atoms with van der Waals surface area (Å²) in [5.74, 6) is -2.47. The van der Waals surface area contributed by atoms with Gasteiger partial charge in [0.25, 0.3) is 0 Å². The van der Waals surface area contributed by atoms with Crippen LogP contribution in [0.15, 0.2) is 128 Å². The molecule has 0 bridgehead atoms. The summed E-state index contributed by atoms with van der Waals surface area (Å²) < 4.78 is 28.1. The Balaban J connectivity index is 1.28. The van der Waals surface area contributed by atoms with Gasteiger partial charge in [0.2, 0.25) is 5.13 Å². The molecule has 1 heterocycles. The summed E-state index contributed by atoms with van der Waals surface area (Å²) in [6.45, 7) is 10.1. The summed E-state index contributed by atoms with van der Waals surface area (Å²) in [6, 6.07) is 22.7. The third-order valence-electron chi connectivity index (χ3n) is 7.42. The maximum Gasteiger partial charge on any atom is 0.343 e. The van der Waals surface area contributed by atoms with Crippen LogP contribution in [0.4, 0.5) is 5.13 Å². The van der Waals surface area contributed by atoms with Gasteiger partial charge >= 0.3 is 23.9 Å². The molecule has 55 heavy (non-hydrogen) atoms. The Kier molecular flexibility index (Phi) is 13.5. The number of fused-ring (bicyclic) bond motifs is 1. The summed E-state index contributed by atoms with van der Waals surface area (Å²) in [4.78, 5) is 65.6. The lowest BCUT2D eigenvalue weighted by Gasteiger charge is -2.13. The first-order chi connectivity index (χ1) is 26.6. The Labute approximate surface area is 319 Å². The van der Waals surface area contributed by atoms with Gasteiger partial charge in [-0.3, -0.25) is 10.2 Å². The summed E-state index contributed by atoms with van der Waals surface area (Å²) >= 11 is 1.42. The van der Waals surface area contributed by atoms with Gasteiger partial charge in [-0.25, -0.2) is 24.2 Å². The smallest absolute Gasteiger partial charge is 0.343 e. The number of allylic oxidation sites excluding steroid dienone is 1. The fourth-order valence-electron chi connectivity index (χ4n) is 4.69. The minimum absolute atomic E-state index is 0.00185. The summed E-state index contributed by atoms with van der Waals surface area (Å²) in [5.41, 5.74) is 5.18. The molecule has 0 atom stereocenters. The molecular weight excluding hydrogens is 727 g/mol. The predicted molar refractivity (Wildman–Crippen MR) is 206 cm³/mol. The lowest BCUT2D eigenvalue weighted by atomic mass is 10.1. The highest BCUT2D eigenvalue weighted by atomic mass is 32.1. The number of rotatable bonds is 18. The quantitative estimate of drug-likeness (QED) is 0.0318. The van der Waals surface area contributed by atoms with E-state index >= 15 is 0 Å². The van der Waals surface area contributed by atoms with E-state index in [2.05, 4.69) is 35.2 Å². The van der Waals surface area contributed by atoms with Gasteiger partial charge < -0.3 is 23.7 Å². The zero-order valence-corrected chi connectivity index (χ0v) is 30.0. The highest BCUT2D eigenvalue weighted by molar-refractivity contribution is 7.22. The lowest BCUT2D eigenvalue weighted by Crippen LogP contribution is -2.12. The van der Waals surface area contributed by atoms with Crippen molar-refractivity contribution in [2.24, 2.45) is 5.10 Å². The molecule has 278 valence electrons. The van der Waals surface area contributed by atoms with Gasteiger partial charge in [0.15, 0.2) is 17.3 Å². The predicted octanol–water partition coefficient (Wildman–Crippen LogP) is 7.07. The van der Waals surface area contributed by atoms with E-state index in [9.17, 15) is 24.0 Å². The van der Waals surface area contributed by atoms with E-state index in [1.54, 1.807) is 18.2 Å². The van der Waals surface area contributed by atoms with Crippen LogP contribution in [-0.2, 0) is 25.5 Å². The van der Waals surface area contributed by atoms with Crippen molar-refractivity contribution >= 4 is 62.6 Å². The fraction of sp³-hybridized carbons (Fsp3) is 0.0976. The number of para-hydroxylation sites is 1. The minimum Gasteiger partial charge on any atom is -0.489 e. The molecule has 0 fully saturated rings. The van der Waals surface area contributed by atoms with Crippen LogP contribution in [0.3, 0.4) is 0 Å². The number of nitrogens with one attached hydrogen (secondary N) is 1. The van der Waals surface area contributed by atoms with Gasteiger partial charge in [-0.05, 0) is 78.4 Å². The average Bonchev–Trinajstić information content (AvgIpc) is 3.62. The molecule has 0 amide bonds. The molecule has 0 aliphatic carbocycles. The van der Waals surface area contributed by atoms with Crippen molar-refractivity contribution in [1.82, 2.24) is 4.98 Å². The Morgan fingerprint density at radius 2 is 1.45 bits per heavy atom. The van der Waals surface area contributed by atoms with Crippen LogP contribution in [0.2, 0.25) is 0 Å². The molecule has 5 aromatic rings. The molecule has 5 rings (SSSR count). The second kappa shape index (κ2) is 19.0. The summed E-state index contributed by atoms with van der Waals surface area (Å²) in [6.07, 6.45) is 4.97. The molecule has 0 radical (unpaired) electrons. The van der Waals surface area contributed by atoms with Crippen molar-refractivity contribution in [3.8, 4) is 23.0 Å². The number of thiazole rings is 1. The van der Waals surface area contributed by atoms with Crippen LogP contribution >= 0.6 is 11.3 Å². The number of nitrogens with zero attached hydrogens (tertiary/aromatic N) is 2. The highest BCUT2D eigenvalue weighted by Crippen LogP contribution is 2.30. The third kappa shape index (κ3) is 11.2. The second-order valence-corrected chi connectivity index (χ2v) is 12.2. The number of carbonyl (C=O) groups excluding carboxylic acids is 5. The molecule has 1 N–H and O–H groups in total. The van der Waals surface area contributed by atoms with Gasteiger partial charge in [-0.1, -0.05) is 49.3 Å². The van der Waals surface area contributed by atoms with Crippen LogP contribution in [0.1, 0.15) is 38.3 Å². The molecule has 0 saturated heterocycles. The maximum absolute atomic E-state index is 13.1. The van der Waals surface area contributed by atoms with Crippen molar-refractivity contribution in [2.75, 3.05) is 18.6 Å². The monoisotopic (exact) mass is 759 g/mol. The number of benzene rings is 4. The molecule has 0 saturated carbocycles. The van der Waals surface area contributed by atoms with E-state index < -0.39 is 23.9 Å². The number of ether oxygens (including phenoxy) is 5. The van der Waals surface area contributed by atoms with Crippen molar-refractivity contribution in [2.45, 2.75) is 12.8 Å². The van der Waals surface area contributed by atoms with Crippen LogP contribution in [0.25, 0.3) is 10.2 Å². The Morgan fingerprint density at radius 3 is 2.20 bits per heavy atom. The van der Waals surface area contributed by atoms with E-state index in [0.29, 0.717) is 10.7 Å². The molecule has 0 unspecified atom stereocenters. The van der Waals surface area contributed by atoms with Crippen LogP contribution in [0.5, 0.6) is 23.0 Å². The number of esters is 4. The first-order valence-corrected chi connectivity index (χ1v) is 17.3. The van der Waals surface area contributed by atoms with Gasteiger partial charge in [-0.2, -0.15) is 5.10 Å². The van der Waals surface area contributed by atoms with Crippen molar-refractivity contribution < 1.29 is 47.7 Å². The van der Waals surface area contributed by atoms with Gasteiger partial charge in [0.1, 0.15) is 11.5 Å². The standard InChI is InChI=1S/C41H33N3O10S/c1-4-30(45)20-22-50-34-18-14-28(24-35(34)53-38(47)6-3)39(48)51-21-19-26-11-17-33(54-40(49)27-12-15-31(16-13-27)52-37(46)5-2)29(23-26)25-42-44-41-43-32-9-7-8-10-36(32)55-41/h4-18,23-25H,1-3,19-22H2,(H,43,44)/b42-25+. The summed E-state index contributed by atoms with van der Waals surface area (Å²) in [7, 11) is 0. The highest BCUT2D eigenvalue weighted by Gasteiger charge is 2.17. The molecule has 4 aromatic carbocycles. The topological polar surface area (TPSA) is 169 Å². The molecule has 0 aliphatic heterocycles. The molecule has 0 spiro atoms. The second-order valence-electron chi connectivity index (χ2n) is 11.2. The van der Waals surface area contributed by atoms with Gasteiger partial charge in [0, 0.05) is 30.6 Å². The van der Waals surface area contributed by atoms with E-state index in [1.807, 2.05) is 24.3 Å². The zero-order valence-electron chi connectivity index (χ0n) is 29.2. The maximum atomic E-state index is 13.1. The molecular formula is C41H33N3O10S. The summed E-state index contributed by atoms with van der Waals surface area (Å²) in [5, 5.41) is 4.88. The number of hydrogen-bond donors (Lipinski definition) is 1. The Bertz CT molecular complexity index is 2260. The van der Waals surface area contributed by atoms with Crippen LogP contribution in [0, 0.1) is 0 Å². The Hall–Kier alpha value is -7.19. The number of aromatic nitrogens is 1. The van der Waals surface area contributed by atoms with E-state index in [-0.39, 0.29) is 66.0 Å². The van der Waals surface area contributed by atoms with E-state index in [0.717, 1.165) is 27.9 Å². The zero-order chi connectivity index (χ0) is 39.2. The fourth-order valence-corrected chi connectivity index (χ4v) is 5.51. The first-order valence-electron chi connectivity index (χ1n) is 16.5. The van der Waals surface area contributed by atoms with Crippen LogP contribution in [-0.4, -0.2) is 54.1 Å². The van der Waals surface area contributed by atoms with Crippen molar-refractivity contribution in [3.05, 3.63) is 145 Å². The van der Waals surface area contributed by atoms with Crippen molar-refractivity contribution in [3.63, 3.8) is 0 Å². The SMILES string of the molecule is C=CC(=O)CCOc1ccc(C(=O)OCCc2ccc(OC(=O)c3ccc(OC(=O)C=C)cc3)c(/C=N/Nc3nc4ccccc4s3)c2)cc1OC(=O)C=C. The molecule has 0 aliphatic rings. The third-order valence-corrected chi connectivity index (χ3v) is 8.36. The first kappa shape index (κ1) is 39.0. The number of ketones is 1. The van der Waals surface area contributed by atoms with Crippen LogP contribution < -0.4 is 24.4 Å². The van der Waals surface area contributed by atoms with E-state index in [4.69, 9.17) is 23.7 Å². The minimum atomic E-state index is -0.772. The largest absolute Gasteiger partial charge is 0.489 e. The normalized spacial score (nSPS) is 10.6. The molecule has 13 nitrogen and oxygen atoms in total. The number of carbonyl (C=O) groups is 5. The lowest BCUT2D eigenvalue weighted by molar-refractivity contribution is -0.129. The van der Waals surface area contributed by atoms with Crippen molar-refractivity contribution in [1.29, 1.82) is 0 Å².